The van der Waals surface area contributed by atoms with E-state index >= 15 is 0 Å². The van der Waals surface area contributed by atoms with Crippen LogP contribution in [0.5, 0.6) is 0 Å². The van der Waals surface area contributed by atoms with Crippen molar-refractivity contribution in [2.45, 2.75) is 13.5 Å². The molecule has 2 aromatic heterocycles. The van der Waals surface area contributed by atoms with E-state index in [0.717, 1.165) is 16.7 Å². The van der Waals surface area contributed by atoms with Crippen LogP contribution in [0.1, 0.15) is 12.6 Å². The molecule has 0 aliphatic carbocycles. The first-order valence-corrected chi connectivity index (χ1v) is 6.88. The normalized spacial score (nSPS) is 11.6. The summed E-state index contributed by atoms with van der Waals surface area (Å²) in [6.45, 7) is 1.97. The number of carbonyl (C=O) groups is 1. The van der Waals surface area contributed by atoms with Crippen molar-refractivity contribution in [2.75, 3.05) is 0 Å². The van der Waals surface area contributed by atoms with E-state index in [2.05, 4.69) is 20.5 Å². The zero-order chi connectivity index (χ0) is 15.4. The molecule has 3 rings (SSSR count). The second-order valence-electron chi connectivity index (χ2n) is 4.81. The highest BCUT2D eigenvalue weighted by molar-refractivity contribution is 5.97. The van der Waals surface area contributed by atoms with Gasteiger partial charge in [0.15, 0.2) is 0 Å². The van der Waals surface area contributed by atoms with E-state index < -0.39 is 0 Å². The van der Waals surface area contributed by atoms with E-state index in [1.807, 2.05) is 42.5 Å². The van der Waals surface area contributed by atoms with Gasteiger partial charge in [-0.05, 0) is 31.2 Å². The van der Waals surface area contributed by atoms with Crippen molar-refractivity contribution < 1.29 is 4.79 Å². The van der Waals surface area contributed by atoms with Gasteiger partial charge in [0, 0.05) is 6.20 Å². The van der Waals surface area contributed by atoms with E-state index in [1.165, 1.54) is 0 Å². The van der Waals surface area contributed by atoms with Crippen molar-refractivity contribution in [3.8, 4) is 0 Å². The molecule has 110 valence electrons. The standard InChI is InChI=1S/C16H15N5O/c1-12(13-6-4-5-9-17-13)19-20-16(22)10-21-11-18-14-7-2-3-8-15(14)21/h2-9,11H,10H2,1H3,(H,20,22)/b19-12-. The van der Waals surface area contributed by atoms with Gasteiger partial charge in [0.1, 0.15) is 6.54 Å². The number of carbonyl (C=O) groups excluding carboxylic acids is 1. The molecule has 6 nitrogen and oxygen atoms in total. The molecule has 0 saturated heterocycles. The number of rotatable bonds is 4. The molecule has 1 amide bonds. The second kappa shape index (κ2) is 6.17. The number of hydrazone groups is 1. The maximum Gasteiger partial charge on any atom is 0.260 e. The van der Waals surface area contributed by atoms with E-state index in [0.29, 0.717) is 5.71 Å². The number of hydrogen-bond acceptors (Lipinski definition) is 4. The van der Waals surface area contributed by atoms with Crippen LogP contribution >= 0.6 is 0 Å². The number of amides is 1. The largest absolute Gasteiger partial charge is 0.321 e. The number of nitrogens with one attached hydrogen (secondary N) is 1. The Hall–Kier alpha value is -3.02. The van der Waals surface area contributed by atoms with Gasteiger partial charge in [-0.1, -0.05) is 18.2 Å². The molecule has 0 fully saturated rings. The van der Waals surface area contributed by atoms with Crippen molar-refractivity contribution >= 4 is 22.7 Å². The number of fused-ring (bicyclic) bond motifs is 1. The fraction of sp³-hybridized carbons (Fsp3) is 0.125. The summed E-state index contributed by atoms with van der Waals surface area (Å²) in [5.74, 6) is -0.210. The van der Waals surface area contributed by atoms with Gasteiger partial charge in [-0.2, -0.15) is 5.10 Å². The molecule has 0 spiro atoms. The number of aromatic nitrogens is 3. The van der Waals surface area contributed by atoms with Gasteiger partial charge in [0.05, 0.1) is 28.8 Å². The summed E-state index contributed by atoms with van der Waals surface area (Å²) in [6.07, 6.45) is 3.34. The Labute approximate surface area is 127 Å². The Morgan fingerprint density at radius 3 is 2.82 bits per heavy atom. The van der Waals surface area contributed by atoms with Crippen molar-refractivity contribution in [1.82, 2.24) is 20.0 Å². The van der Waals surface area contributed by atoms with Gasteiger partial charge in [0.25, 0.3) is 5.91 Å². The molecule has 0 unspecified atom stereocenters. The van der Waals surface area contributed by atoms with Crippen molar-refractivity contribution in [2.24, 2.45) is 5.10 Å². The first-order valence-electron chi connectivity index (χ1n) is 6.88. The summed E-state index contributed by atoms with van der Waals surface area (Å²) in [7, 11) is 0. The summed E-state index contributed by atoms with van der Waals surface area (Å²) in [5, 5.41) is 4.08. The molecule has 3 aromatic rings. The topological polar surface area (TPSA) is 72.2 Å². The Bertz CT molecular complexity index is 823. The molecule has 0 bridgehead atoms. The molecule has 0 aliphatic rings. The summed E-state index contributed by atoms with van der Waals surface area (Å²) < 4.78 is 1.79. The maximum absolute atomic E-state index is 12.0. The summed E-state index contributed by atoms with van der Waals surface area (Å²) in [5.41, 5.74) is 5.72. The molecule has 0 aliphatic heterocycles. The average Bonchev–Trinajstić information content (AvgIpc) is 2.97. The van der Waals surface area contributed by atoms with Gasteiger partial charge in [0.2, 0.25) is 0 Å². The minimum absolute atomic E-state index is 0.166. The van der Waals surface area contributed by atoms with Crippen LogP contribution in [-0.4, -0.2) is 26.2 Å². The summed E-state index contributed by atoms with van der Waals surface area (Å²) >= 11 is 0. The minimum atomic E-state index is -0.210. The van der Waals surface area contributed by atoms with E-state index in [-0.39, 0.29) is 12.5 Å². The third-order valence-corrected chi connectivity index (χ3v) is 3.23. The predicted molar refractivity (Wildman–Crippen MR) is 84.3 cm³/mol. The molecule has 0 saturated carbocycles. The third-order valence-electron chi connectivity index (χ3n) is 3.23. The molecular formula is C16H15N5O. The third kappa shape index (κ3) is 3.01. The van der Waals surface area contributed by atoms with Crippen LogP contribution in [0.4, 0.5) is 0 Å². The molecule has 22 heavy (non-hydrogen) atoms. The van der Waals surface area contributed by atoms with E-state index in [1.54, 1.807) is 24.0 Å². The van der Waals surface area contributed by atoms with Gasteiger partial charge >= 0.3 is 0 Å². The molecular weight excluding hydrogens is 278 g/mol. The van der Waals surface area contributed by atoms with Gasteiger partial charge in [-0.25, -0.2) is 10.4 Å². The highest BCUT2D eigenvalue weighted by Gasteiger charge is 2.06. The molecule has 1 aromatic carbocycles. The number of nitrogens with zero attached hydrogens (tertiary/aromatic N) is 4. The Morgan fingerprint density at radius 2 is 2.00 bits per heavy atom. The van der Waals surface area contributed by atoms with Crippen LogP contribution in [0.2, 0.25) is 0 Å². The van der Waals surface area contributed by atoms with Crippen LogP contribution in [0, 0.1) is 0 Å². The highest BCUT2D eigenvalue weighted by atomic mass is 16.2. The van der Waals surface area contributed by atoms with Crippen molar-refractivity contribution in [1.29, 1.82) is 0 Å². The highest BCUT2D eigenvalue weighted by Crippen LogP contribution is 2.11. The summed E-state index contributed by atoms with van der Waals surface area (Å²) in [6, 6.07) is 13.2. The lowest BCUT2D eigenvalue weighted by Crippen LogP contribution is -2.24. The Morgan fingerprint density at radius 1 is 1.18 bits per heavy atom. The van der Waals surface area contributed by atoms with Gasteiger partial charge in [-0.15, -0.1) is 0 Å². The molecule has 2 heterocycles. The fourth-order valence-corrected chi connectivity index (χ4v) is 2.11. The van der Waals surface area contributed by atoms with Crippen molar-refractivity contribution in [3.63, 3.8) is 0 Å². The van der Waals surface area contributed by atoms with Crippen LogP contribution < -0.4 is 5.43 Å². The second-order valence-corrected chi connectivity index (χ2v) is 4.81. The average molecular weight is 293 g/mol. The van der Waals surface area contributed by atoms with E-state index in [9.17, 15) is 4.79 Å². The fourth-order valence-electron chi connectivity index (χ4n) is 2.11. The number of hydrogen-bond donors (Lipinski definition) is 1. The number of benzene rings is 1. The van der Waals surface area contributed by atoms with Gasteiger partial charge < -0.3 is 4.57 Å². The van der Waals surface area contributed by atoms with Crippen molar-refractivity contribution in [3.05, 3.63) is 60.7 Å². The Balaban J connectivity index is 1.68. The SMILES string of the molecule is C/C(=N/NC(=O)Cn1cnc2ccccc21)c1ccccn1. The monoisotopic (exact) mass is 293 g/mol. The van der Waals surface area contributed by atoms with Crippen LogP contribution in [0.3, 0.4) is 0 Å². The lowest BCUT2D eigenvalue weighted by molar-refractivity contribution is -0.121. The van der Waals surface area contributed by atoms with Crippen LogP contribution in [0.15, 0.2) is 60.1 Å². The molecule has 6 heteroatoms. The Kier molecular flexibility index (Phi) is 3.91. The summed E-state index contributed by atoms with van der Waals surface area (Å²) in [4.78, 5) is 20.4. The number of pyridine rings is 1. The predicted octanol–water partition coefficient (Wildman–Crippen LogP) is 1.97. The number of para-hydroxylation sites is 2. The first kappa shape index (κ1) is 13.9. The van der Waals surface area contributed by atoms with Crippen LogP contribution in [0.25, 0.3) is 11.0 Å². The quantitative estimate of drug-likeness (QED) is 0.590. The molecule has 0 radical (unpaired) electrons. The van der Waals surface area contributed by atoms with Gasteiger partial charge in [-0.3, -0.25) is 9.78 Å². The van der Waals surface area contributed by atoms with E-state index in [4.69, 9.17) is 0 Å². The van der Waals surface area contributed by atoms with Crippen LogP contribution in [-0.2, 0) is 11.3 Å². The lowest BCUT2D eigenvalue weighted by atomic mass is 10.3. The minimum Gasteiger partial charge on any atom is -0.321 e. The lowest BCUT2D eigenvalue weighted by Gasteiger charge is -2.04. The smallest absolute Gasteiger partial charge is 0.260 e. The first-order chi connectivity index (χ1) is 10.7. The molecule has 1 N–H and O–H groups in total. The molecule has 0 atom stereocenters. The zero-order valence-electron chi connectivity index (χ0n) is 12.1. The zero-order valence-corrected chi connectivity index (χ0v) is 12.1. The number of imidazole rings is 1. The maximum atomic E-state index is 12.0.